The van der Waals surface area contributed by atoms with Gasteiger partial charge in [-0.05, 0) is 51.1 Å². The molecule has 7 nitrogen and oxygen atoms in total. The van der Waals surface area contributed by atoms with Crippen molar-refractivity contribution in [1.29, 1.82) is 0 Å². The van der Waals surface area contributed by atoms with Gasteiger partial charge in [-0.1, -0.05) is 18.2 Å². The number of carbonyl (C=O) groups excluding carboxylic acids is 2. The molecule has 0 aliphatic rings. The van der Waals surface area contributed by atoms with E-state index in [0.717, 1.165) is 0 Å². The van der Waals surface area contributed by atoms with Crippen molar-refractivity contribution in [3.63, 3.8) is 0 Å². The quantitative estimate of drug-likeness (QED) is 0.505. The molecule has 0 fully saturated rings. The van der Waals surface area contributed by atoms with Gasteiger partial charge in [0.1, 0.15) is 12.4 Å². The van der Waals surface area contributed by atoms with Crippen molar-refractivity contribution in [1.82, 2.24) is 5.32 Å². The van der Waals surface area contributed by atoms with Crippen LogP contribution in [0.1, 0.15) is 31.1 Å². The first-order valence-electron chi connectivity index (χ1n) is 9.73. The van der Waals surface area contributed by atoms with Crippen LogP contribution in [0.15, 0.2) is 48.5 Å². The zero-order valence-corrected chi connectivity index (χ0v) is 17.2. The highest BCUT2D eigenvalue weighted by molar-refractivity contribution is 5.96. The van der Waals surface area contributed by atoms with Crippen LogP contribution in [0.4, 0.5) is 11.4 Å². The third-order valence-electron chi connectivity index (χ3n) is 3.85. The minimum Gasteiger partial charge on any atom is -0.489 e. The summed E-state index contributed by atoms with van der Waals surface area (Å²) >= 11 is 0. The van der Waals surface area contributed by atoms with Crippen molar-refractivity contribution in [2.75, 3.05) is 37.0 Å². The molecule has 0 aromatic heterocycles. The van der Waals surface area contributed by atoms with Gasteiger partial charge >= 0.3 is 0 Å². The first-order valence-corrected chi connectivity index (χ1v) is 9.73. The molecular weight excluding hydrogens is 370 g/mol. The summed E-state index contributed by atoms with van der Waals surface area (Å²) in [6.45, 7) is 7.32. The summed E-state index contributed by atoms with van der Waals surface area (Å²) in [5.74, 6) is 0.224. The Morgan fingerprint density at radius 3 is 2.59 bits per heavy atom. The zero-order valence-electron chi connectivity index (χ0n) is 17.2. The number of hydrogen-bond donors (Lipinski definition) is 3. The van der Waals surface area contributed by atoms with Crippen LogP contribution in [0, 0.1) is 0 Å². The maximum atomic E-state index is 12.3. The summed E-state index contributed by atoms with van der Waals surface area (Å²) in [7, 11) is 0. The van der Waals surface area contributed by atoms with E-state index in [1.807, 2.05) is 39.0 Å². The fourth-order valence-electron chi connectivity index (χ4n) is 2.54. The molecule has 0 aliphatic carbocycles. The first-order chi connectivity index (χ1) is 14.0. The lowest BCUT2D eigenvalue weighted by atomic mass is 10.1. The second-order valence-electron chi connectivity index (χ2n) is 6.65. The minimum atomic E-state index is -0.220. The summed E-state index contributed by atoms with van der Waals surface area (Å²) in [5, 5.41) is 8.72. The predicted octanol–water partition coefficient (Wildman–Crippen LogP) is 3.29. The van der Waals surface area contributed by atoms with Gasteiger partial charge in [-0.15, -0.1) is 0 Å². The Balaban J connectivity index is 1.90. The van der Waals surface area contributed by atoms with Crippen molar-refractivity contribution >= 4 is 23.2 Å². The highest BCUT2D eigenvalue weighted by Crippen LogP contribution is 2.23. The molecule has 2 aromatic rings. The van der Waals surface area contributed by atoms with Crippen LogP contribution in [-0.4, -0.2) is 44.2 Å². The summed E-state index contributed by atoms with van der Waals surface area (Å²) < 4.78 is 10.9. The van der Waals surface area contributed by atoms with Gasteiger partial charge in [0.25, 0.3) is 5.91 Å². The fraction of sp³-hybridized carbons (Fsp3) is 0.364. The lowest BCUT2D eigenvalue weighted by molar-refractivity contribution is -0.114. The highest BCUT2D eigenvalue weighted by atomic mass is 16.5. The monoisotopic (exact) mass is 399 g/mol. The number of hydrogen-bond acceptors (Lipinski definition) is 5. The van der Waals surface area contributed by atoms with E-state index in [1.54, 1.807) is 30.3 Å². The number of nitrogens with one attached hydrogen (secondary N) is 3. The Morgan fingerprint density at radius 2 is 1.83 bits per heavy atom. The smallest absolute Gasteiger partial charge is 0.251 e. The highest BCUT2D eigenvalue weighted by Gasteiger charge is 2.10. The second kappa shape index (κ2) is 11.7. The number of anilines is 2. The minimum absolute atomic E-state index is 0.0562. The average molecular weight is 399 g/mol. The molecule has 0 unspecified atom stereocenters. The molecule has 0 bridgehead atoms. The molecule has 0 atom stereocenters. The topological polar surface area (TPSA) is 88.7 Å². The van der Waals surface area contributed by atoms with E-state index >= 15 is 0 Å². The van der Waals surface area contributed by atoms with Crippen molar-refractivity contribution in [2.45, 2.75) is 26.8 Å². The Kier molecular flexibility index (Phi) is 8.98. The third-order valence-corrected chi connectivity index (χ3v) is 3.85. The second-order valence-corrected chi connectivity index (χ2v) is 6.65. The number of ether oxygens (including phenoxy) is 2. The Morgan fingerprint density at radius 1 is 1.03 bits per heavy atom. The van der Waals surface area contributed by atoms with E-state index in [1.165, 1.54) is 0 Å². The molecule has 0 aliphatic heterocycles. The molecule has 156 valence electrons. The van der Waals surface area contributed by atoms with Crippen molar-refractivity contribution in [3.05, 3.63) is 54.1 Å². The normalized spacial score (nSPS) is 10.5. The van der Waals surface area contributed by atoms with E-state index < -0.39 is 0 Å². The van der Waals surface area contributed by atoms with Crippen LogP contribution in [0.3, 0.4) is 0 Å². The van der Waals surface area contributed by atoms with Crippen LogP contribution in [0.25, 0.3) is 0 Å². The average Bonchev–Trinajstić information content (AvgIpc) is 2.70. The van der Waals surface area contributed by atoms with Gasteiger partial charge in [0.15, 0.2) is 0 Å². The molecule has 3 N–H and O–H groups in total. The van der Waals surface area contributed by atoms with Gasteiger partial charge in [-0.3, -0.25) is 9.59 Å². The molecule has 7 heteroatoms. The predicted molar refractivity (Wildman–Crippen MR) is 115 cm³/mol. The number of para-hydroxylation sites is 2. The summed E-state index contributed by atoms with van der Waals surface area (Å²) in [6.07, 6.45) is 0. The van der Waals surface area contributed by atoms with E-state index in [9.17, 15) is 9.59 Å². The van der Waals surface area contributed by atoms with Crippen LogP contribution in [-0.2, 0) is 9.53 Å². The lowest BCUT2D eigenvalue weighted by Gasteiger charge is -2.13. The third kappa shape index (κ3) is 7.83. The van der Waals surface area contributed by atoms with Gasteiger partial charge in [-0.25, -0.2) is 0 Å². The molecular formula is C22H29N3O4. The molecule has 2 aromatic carbocycles. The lowest BCUT2D eigenvalue weighted by Crippen LogP contribution is -2.30. The van der Waals surface area contributed by atoms with Gasteiger partial charge in [0.05, 0.1) is 18.8 Å². The molecule has 0 spiro atoms. The first kappa shape index (κ1) is 22.2. The van der Waals surface area contributed by atoms with Gasteiger partial charge in [0.2, 0.25) is 5.91 Å². The molecule has 29 heavy (non-hydrogen) atoms. The van der Waals surface area contributed by atoms with Gasteiger partial charge < -0.3 is 25.4 Å². The van der Waals surface area contributed by atoms with E-state index in [-0.39, 0.29) is 24.4 Å². The van der Waals surface area contributed by atoms with E-state index in [4.69, 9.17) is 9.47 Å². The van der Waals surface area contributed by atoms with Crippen LogP contribution in [0.5, 0.6) is 5.75 Å². The molecule has 2 rings (SSSR count). The number of benzene rings is 2. The Bertz CT molecular complexity index is 808. The fourth-order valence-corrected chi connectivity index (χ4v) is 2.54. The Labute approximate surface area is 171 Å². The number of carbonyl (C=O) groups is 2. The standard InChI is InChI=1S/C22H29N3O4/c1-4-28-12-13-29-20-11-6-5-10-19(20)25-21(26)15-23-18-9-7-8-17(14-18)22(27)24-16(2)3/h5-11,14,16,23H,4,12-13,15H2,1-3H3,(H,24,27)(H,25,26). The molecule has 0 radical (unpaired) electrons. The van der Waals surface area contributed by atoms with Gasteiger partial charge in [-0.2, -0.15) is 0 Å². The largest absolute Gasteiger partial charge is 0.489 e. The summed E-state index contributed by atoms with van der Waals surface area (Å²) in [4.78, 5) is 24.5. The van der Waals surface area contributed by atoms with Crippen molar-refractivity contribution in [3.8, 4) is 5.75 Å². The van der Waals surface area contributed by atoms with E-state index in [2.05, 4.69) is 16.0 Å². The Hall–Kier alpha value is -3.06. The van der Waals surface area contributed by atoms with Crippen LogP contribution >= 0.6 is 0 Å². The summed E-state index contributed by atoms with van der Waals surface area (Å²) in [5.41, 5.74) is 1.83. The maximum absolute atomic E-state index is 12.3. The van der Waals surface area contributed by atoms with Crippen LogP contribution in [0.2, 0.25) is 0 Å². The molecule has 0 heterocycles. The molecule has 0 saturated heterocycles. The van der Waals surface area contributed by atoms with Crippen LogP contribution < -0.4 is 20.7 Å². The number of rotatable bonds is 11. The molecule has 0 saturated carbocycles. The molecule has 2 amide bonds. The zero-order chi connectivity index (χ0) is 21.1. The van der Waals surface area contributed by atoms with E-state index in [0.29, 0.717) is 42.5 Å². The van der Waals surface area contributed by atoms with Gasteiger partial charge in [0, 0.05) is 23.9 Å². The maximum Gasteiger partial charge on any atom is 0.251 e. The number of amides is 2. The SMILES string of the molecule is CCOCCOc1ccccc1NC(=O)CNc1cccc(C(=O)NC(C)C)c1. The summed E-state index contributed by atoms with van der Waals surface area (Å²) in [6, 6.07) is 14.3. The van der Waals surface area contributed by atoms with Crippen molar-refractivity contribution < 1.29 is 19.1 Å². The van der Waals surface area contributed by atoms with Crippen molar-refractivity contribution in [2.24, 2.45) is 0 Å².